The van der Waals surface area contributed by atoms with E-state index in [9.17, 15) is 23.7 Å². The Hall–Kier alpha value is -2.20. The lowest BCUT2D eigenvalue weighted by atomic mass is 10.1. The molecule has 162 valence electrons. The predicted molar refractivity (Wildman–Crippen MR) is 102 cm³/mol. The second-order valence-electron chi connectivity index (χ2n) is 6.74. The van der Waals surface area contributed by atoms with Crippen molar-refractivity contribution in [2.75, 3.05) is 13.2 Å². The van der Waals surface area contributed by atoms with E-state index in [2.05, 4.69) is 0 Å². The normalized spacial score (nSPS) is 25.7. The lowest BCUT2D eigenvalue weighted by Gasteiger charge is -2.16. The highest BCUT2D eigenvalue weighted by atomic mass is 31.2. The molecule has 5 atom stereocenters. The van der Waals surface area contributed by atoms with Crippen LogP contribution in [0.4, 0.5) is 4.39 Å². The maximum atomic E-state index is 14.5. The van der Waals surface area contributed by atoms with Gasteiger partial charge in [-0.2, -0.15) is 4.57 Å². The third-order valence-corrected chi connectivity index (χ3v) is 5.57. The van der Waals surface area contributed by atoms with Gasteiger partial charge in [0.05, 0.1) is 13.2 Å². The van der Waals surface area contributed by atoms with Gasteiger partial charge in [0.15, 0.2) is 12.4 Å². The standard InChI is InChI=1S/C19H22FN2O7P/c20-16-17(23)15(29-19(16)22-9-4-7-14(11-22)18(21)24)12-28-30(25,26)27-10-8-13-5-2-1-3-6-13/h1-7,9,11,15-17,19,23H,8,10,12H2,(H2-,21,24,25,26)/p+1/t15?,16-,17-,19?/m0/s1. The van der Waals surface area contributed by atoms with Crippen molar-refractivity contribution in [1.29, 1.82) is 0 Å². The summed E-state index contributed by atoms with van der Waals surface area (Å²) in [4.78, 5) is 21.1. The summed E-state index contributed by atoms with van der Waals surface area (Å²) < 4.78 is 43.1. The highest BCUT2D eigenvalue weighted by Crippen LogP contribution is 2.44. The summed E-state index contributed by atoms with van der Waals surface area (Å²) in [5.74, 6) is -0.702. The molecule has 11 heteroatoms. The minimum atomic E-state index is -4.42. The van der Waals surface area contributed by atoms with Crippen molar-refractivity contribution in [1.82, 2.24) is 0 Å². The van der Waals surface area contributed by atoms with E-state index < -0.39 is 44.9 Å². The van der Waals surface area contributed by atoms with Crippen molar-refractivity contribution >= 4 is 13.7 Å². The average Bonchev–Trinajstić information content (AvgIpc) is 3.01. The number of carbonyl (C=O) groups excluding carboxylic acids is 1. The van der Waals surface area contributed by atoms with Crippen molar-refractivity contribution in [2.45, 2.75) is 31.0 Å². The van der Waals surface area contributed by atoms with E-state index >= 15 is 0 Å². The summed E-state index contributed by atoms with van der Waals surface area (Å²) in [5.41, 5.74) is 6.27. The molecule has 30 heavy (non-hydrogen) atoms. The number of aliphatic hydroxyl groups is 1. The number of hydrogen-bond donors (Lipinski definition) is 3. The molecular weight excluding hydrogens is 418 g/mol. The first-order valence-corrected chi connectivity index (χ1v) is 10.7. The molecule has 0 bridgehead atoms. The zero-order valence-corrected chi connectivity index (χ0v) is 16.8. The molecule has 3 rings (SSSR count). The summed E-state index contributed by atoms with van der Waals surface area (Å²) >= 11 is 0. The number of alkyl halides is 1. The first-order valence-electron chi connectivity index (χ1n) is 9.21. The van der Waals surface area contributed by atoms with E-state index in [4.69, 9.17) is 19.5 Å². The second-order valence-corrected chi connectivity index (χ2v) is 8.19. The zero-order chi connectivity index (χ0) is 21.7. The quantitative estimate of drug-likeness (QED) is 0.391. The molecule has 1 amide bonds. The third kappa shape index (κ3) is 5.69. The number of carbonyl (C=O) groups is 1. The van der Waals surface area contributed by atoms with Crippen molar-refractivity contribution in [3.63, 3.8) is 0 Å². The van der Waals surface area contributed by atoms with E-state index in [-0.39, 0.29) is 12.2 Å². The van der Waals surface area contributed by atoms with Gasteiger partial charge in [0.2, 0.25) is 6.17 Å². The number of benzene rings is 1. The van der Waals surface area contributed by atoms with Crippen LogP contribution in [0.2, 0.25) is 0 Å². The molecule has 9 nitrogen and oxygen atoms in total. The predicted octanol–water partition coefficient (Wildman–Crippen LogP) is 1.05. The number of rotatable bonds is 9. The minimum absolute atomic E-state index is 0.0595. The highest BCUT2D eigenvalue weighted by Gasteiger charge is 2.50. The average molecular weight is 441 g/mol. The van der Waals surface area contributed by atoms with Gasteiger partial charge in [-0.15, -0.1) is 0 Å². The Morgan fingerprint density at radius 2 is 1.97 bits per heavy atom. The second kappa shape index (κ2) is 9.74. The molecule has 2 heterocycles. The van der Waals surface area contributed by atoms with E-state index in [1.165, 1.54) is 29.1 Å². The fourth-order valence-corrected chi connectivity index (χ4v) is 3.74. The van der Waals surface area contributed by atoms with Crippen LogP contribution in [-0.2, 0) is 24.8 Å². The molecule has 0 aliphatic carbocycles. The van der Waals surface area contributed by atoms with Crippen LogP contribution in [0.15, 0.2) is 54.9 Å². The Labute approximate surface area is 172 Å². The lowest BCUT2D eigenvalue weighted by Crippen LogP contribution is -2.45. The molecule has 0 radical (unpaired) electrons. The van der Waals surface area contributed by atoms with Crippen LogP contribution < -0.4 is 10.3 Å². The number of halogens is 1. The number of phosphoric acid groups is 1. The number of primary amides is 1. The number of pyridine rings is 1. The van der Waals surface area contributed by atoms with Crippen LogP contribution in [0.3, 0.4) is 0 Å². The van der Waals surface area contributed by atoms with E-state index in [0.29, 0.717) is 6.42 Å². The third-order valence-electron chi connectivity index (χ3n) is 4.58. The van der Waals surface area contributed by atoms with Gasteiger partial charge in [0.25, 0.3) is 12.1 Å². The molecule has 0 saturated carbocycles. The fraction of sp³-hybridized carbons (Fsp3) is 0.368. The number of aliphatic hydroxyl groups excluding tert-OH is 1. The first kappa shape index (κ1) is 22.5. The molecule has 1 saturated heterocycles. The molecule has 1 fully saturated rings. The van der Waals surface area contributed by atoms with Crippen LogP contribution >= 0.6 is 7.82 Å². The summed E-state index contributed by atoms with van der Waals surface area (Å²) in [6.07, 6.45) is -2.80. The number of phosphoric ester groups is 1. The Kier molecular flexibility index (Phi) is 7.30. The first-order chi connectivity index (χ1) is 14.3. The largest absolute Gasteiger partial charge is 0.472 e. The minimum Gasteiger partial charge on any atom is -0.387 e. The Bertz CT molecular complexity index is 917. The van der Waals surface area contributed by atoms with Crippen LogP contribution in [0, 0.1) is 0 Å². The molecule has 1 aliphatic heterocycles. The monoisotopic (exact) mass is 441 g/mol. The molecule has 4 N–H and O–H groups in total. The number of nitrogens with zero attached hydrogens (tertiary/aromatic N) is 1. The van der Waals surface area contributed by atoms with Crippen LogP contribution in [0.25, 0.3) is 0 Å². The van der Waals surface area contributed by atoms with Crippen LogP contribution in [0.5, 0.6) is 0 Å². The van der Waals surface area contributed by atoms with Gasteiger partial charge in [-0.1, -0.05) is 30.3 Å². The molecular formula is C19H23FN2O7P+. The smallest absolute Gasteiger partial charge is 0.387 e. The van der Waals surface area contributed by atoms with Gasteiger partial charge in [-0.3, -0.25) is 13.8 Å². The number of aromatic nitrogens is 1. The van der Waals surface area contributed by atoms with Gasteiger partial charge < -0.3 is 20.5 Å². The van der Waals surface area contributed by atoms with Crippen LogP contribution in [0.1, 0.15) is 22.1 Å². The maximum absolute atomic E-state index is 14.5. The molecule has 1 aromatic carbocycles. The summed E-state index contributed by atoms with van der Waals surface area (Å²) in [6.45, 7) is -0.622. The van der Waals surface area contributed by atoms with Gasteiger partial charge >= 0.3 is 7.82 Å². The number of amides is 1. The van der Waals surface area contributed by atoms with Crippen molar-refractivity contribution < 1.29 is 42.1 Å². The Balaban J connectivity index is 1.54. The van der Waals surface area contributed by atoms with Gasteiger partial charge in [-0.25, -0.2) is 8.96 Å². The Morgan fingerprint density at radius 1 is 1.23 bits per heavy atom. The Morgan fingerprint density at radius 3 is 2.67 bits per heavy atom. The summed E-state index contributed by atoms with van der Waals surface area (Å²) in [5, 5.41) is 10.1. The molecule has 1 aromatic heterocycles. The molecule has 0 spiro atoms. The SMILES string of the molecule is NC(=O)c1ccc[n+](C2OC(COP(=O)(O)OCCc3ccccc3)[C@H](O)[C@@H]2F)c1. The maximum Gasteiger partial charge on any atom is 0.472 e. The zero-order valence-electron chi connectivity index (χ0n) is 15.9. The highest BCUT2D eigenvalue weighted by molar-refractivity contribution is 7.47. The van der Waals surface area contributed by atoms with E-state index in [0.717, 1.165) is 5.56 Å². The summed E-state index contributed by atoms with van der Waals surface area (Å²) in [7, 11) is -4.42. The van der Waals surface area contributed by atoms with Crippen molar-refractivity contribution in [3.8, 4) is 0 Å². The van der Waals surface area contributed by atoms with Crippen molar-refractivity contribution in [3.05, 3.63) is 66.0 Å². The van der Waals surface area contributed by atoms with Gasteiger partial charge in [-0.05, 0) is 18.1 Å². The molecule has 1 aliphatic rings. The van der Waals surface area contributed by atoms with Crippen LogP contribution in [-0.4, -0.2) is 47.5 Å². The topological polar surface area (TPSA) is 132 Å². The lowest BCUT2D eigenvalue weighted by molar-refractivity contribution is -0.764. The van der Waals surface area contributed by atoms with Crippen molar-refractivity contribution in [2.24, 2.45) is 5.73 Å². The number of ether oxygens (including phenoxy) is 1. The van der Waals surface area contributed by atoms with E-state index in [1.807, 2.05) is 30.3 Å². The van der Waals surface area contributed by atoms with Gasteiger partial charge in [0, 0.05) is 6.07 Å². The summed E-state index contributed by atoms with van der Waals surface area (Å²) in [6, 6.07) is 12.2. The molecule has 2 aromatic rings. The van der Waals surface area contributed by atoms with E-state index in [1.54, 1.807) is 0 Å². The fourth-order valence-electron chi connectivity index (χ4n) is 3.01. The molecule has 3 unspecified atom stereocenters. The number of nitrogens with two attached hydrogens (primary N) is 1. The van der Waals surface area contributed by atoms with Gasteiger partial charge in [0.1, 0.15) is 17.8 Å². The number of hydrogen-bond acceptors (Lipinski definition) is 6.